The van der Waals surface area contributed by atoms with Gasteiger partial charge in [0.1, 0.15) is 0 Å². The third kappa shape index (κ3) is 4.10. The zero-order valence-electron chi connectivity index (χ0n) is 13.0. The monoisotopic (exact) mass is 360 g/mol. The van der Waals surface area contributed by atoms with Gasteiger partial charge in [-0.3, -0.25) is 9.59 Å². The van der Waals surface area contributed by atoms with Crippen LogP contribution in [0.5, 0.6) is 0 Å². The molecule has 2 aromatic carbocycles. The lowest BCUT2D eigenvalue weighted by Crippen LogP contribution is -2.41. The Hall–Kier alpha value is -1.98. The van der Waals surface area contributed by atoms with Gasteiger partial charge in [0.15, 0.2) is 0 Å². The number of amides is 2. The van der Waals surface area contributed by atoms with Crippen LogP contribution in [0.25, 0.3) is 0 Å². The second-order valence-electron chi connectivity index (χ2n) is 5.43. The van der Waals surface area contributed by atoms with Gasteiger partial charge in [-0.1, -0.05) is 40.5 Å². The summed E-state index contributed by atoms with van der Waals surface area (Å²) in [5.41, 5.74) is 1.25. The van der Waals surface area contributed by atoms with E-state index < -0.39 is 0 Å². The Bertz CT molecular complexity index is 765. The largest absolute Gasteiger partial charge is 0.337 e. The first-order valence-corrected chi connectivity index (χ1v) is 9.57. The van der Waals surface area contributed by atoms with E-state index in [4.69, 9.17) is 11.6 Å². The molecule has 0 aliphatic carbocycles. The molecule has 2 amide bonds. The fourth-order valence-corrected chi connectivity index (χ4v) is 4.18. The van der Waals surface area contributed by atoms with Gasteiger partial charge >= 0.3 is 0 Å². The van der Waals surface area contributed by atoms with Gasteiger partial charge in [-0.05, 0) is 36.4 Å². The molecule has 1 fully saturated rings. The number of hydrogen-bond acceptors (Lipinski definition) is 2. The average molecular weight is 361 g/mol. The van der Waals surface area contributed by atoms with Crippen LogP contribution in [-0.2, 0) is 10.7 Å². The van der Waals surface area contributed by atoms with Crippen LogP contribution in [0.3, 0.4) is 0 Å². The van der Waals surface area contributed by atoms with Gasteiger partial charge in [-0.2, -0.15) is 4.36 Å². The number of nitrogens with zero attached hydrogens (tertiary/aromatic N) is 2. The lowest BCUT2D eigenvalue weighted by Gasteiger charge is -2.28. The second kappa shape index (κ2) is 7.73. The molecule has 24 heavy (non-hydrogen) atoms. The minimum Gasteiger partial charge on any atom is -0.337 e. The van der Waals surface area contributed by atoms with E-state index in [9.17, 15) is 9.59 Å². The third-order valence-electron chi connectivity index (χ3n) is 3.80. The van der Waals surface area contributed by atoms with E-state index >= 15 is 0 Å². The first-order chi connectivity index (χ1) is 11.6. The van der Waals surface area contributed by atoms with E-state index in [1.54, 1.807) is 36.4 Å². The number of rotatable bonds is 2. The smallest absolute Gasteiger partial charge is 0.282 e. The van der Waals surface area contributed by atoms with Crippen molar-refractivity contribution < 1.29 is 9.59 Å². The zero-order chi connectivity index (χ0) is 16.9. The van der Waals surface area contributed by atoms with Gasteiger partial charge in [-0.25, -0.2) is 0 Å². The van der Waals surface area contributed by atoms with E-state index in [1.807, 2.05) is 23.1 Å². The Balaban J connectivity index is 1.61. The Morgan fingerprint density at radius 3 is 2.17 bits per heavy atom. The molecule has 0 atom stereocenters. The second-order valence-corrected chi connectivity index (χ2v) is 7.79. The van der Waals surface area contributed by atoms with Crippen LogP contribution >= 0.6 is 11.6 Å². The van der Waals surface area contributed by atoms with Gasteiger partial charge in [0, 0.05) is 40.7 Å². The van der Waals surface area contributed by atoms with E-state index in [1.165, 1.54) is 0 Å². The van der Waals surface area contributed by atoms with Gasteiger partial charge in [0.2, 0.25) is 0 Å². The predicted molar refractivity (Wildman–Crippen MR) is 97.7 cm³/mol. The summed E-state index contributed by atoms with van der Waals surface area (Å²) in [5, 5.41) is 0.616. The minimum atomic E-state index is -0.312. The molecule has 124 valence electrons. The molecule has 0 N–H and O–H groups in total. The van der Waals surface area contributed by atoms with Gasteiger partial charge in [0.25, 0.3) is 11.8 Å². The Morgan fingerprint density at radius 1 is 0.917 bits per heavy atom. The highest BCUT2D eigenvalue weighted by atomic mass is 35.5. The van der Waals surface area contributed by atoms with E-state index in [0.717, 1.165) is 11.5 Å². The standard InChI is InChI=1S/C18H17ClN2O2S/c19-16-8-6-15(7-9-16)18(23)21-10-12-24(13-11-21)20-17(22)14-4-2-1-3-5-14/h1-9H,10-13H2. The van der Waals surface area contributed by atoms with Crippen molar-refractivity contribution in [1.82, 2.24) is 4.90 Å². The molecule has 0 unspecified atom stereocenters. The molecule has 0 radical (unpaired) electrons. The third-order valence-corrected chi connectivity index (χ3v) is 5.79. The first-order valence-electron chi connectivity index (χ1n) is 7.67. The van der Waals surface area contributed by atoms with Crippen LogP contribution in [0.4, 0.5) is 0 Å². The molecule has 1 heterocycles. The Morgan fingerprint density at radius 2 is 1.54 bits per heavy atom. The lowest BCUT2D eigenvalue weighted by molar-refractivity contribution is 0.0772. The molecular weight excluding hydrogens is 344 g/mol. The van der Waals surface area contributed by atoms with Crippen LogP contribution in [-0.4, -0.2) is 41.3 Å². The summed E-state index contributed by atoms with van der Waals surface area (Å²) in [6, 6.07) is 16.0. The molecule has 1 saturated heterocycles. The summed E-state index contributed by atoms with van der Waals surface area (Å²) >= 11 is 5.85. The molecule has 0 aromatic heterocycles. The highest BCUT2D eigenvalue weighted by molar-refractivity contribution is 7.87. The summed E-state index contributed by atoms with van der Waals surface area (Å²) < 4.78 is 4.32. The SMILES string of the molecule is O=C(N=S1CCN(C(=O)c2ccc(Cl)cc2)CC1)c1ccccc1. The molecule has 4 nitrogen and oxygen atoms in total. The molecule has 2 aromatic rings. The topological polar surface area (TPSA) is 49.7 Å². The first kappa shape index (κ1) is 16.9. The van der Waals surface area contributed by atoms with Crippen molar-refractivity contribution in [1.29, 1.82) is 0 Å². The van der Waals surface area contributed by atoms with E-state index in [2.05, 4.69) is 4.36 Å². The van der Waals surface area contributed by atoms with Crippen molar-refractivity contribution in [2.24, 2.45) is 4.36 Å². The average Bonchev–Trinajstić information content (AvgIpc) is 2.63. The van der Waals surface area contributed by atoms with E-state index in [0.29, 0.717) is 29.2 Å². The number of carbonyl (C=O) groups is 2. The molecule has 1 aliphatic heterocycles. The normalized spacial score (nSPS) is 15.1. The summed E-state index contributed by atoms with van der Waals surface area (Å²) in [6.07, 6.45) is 0. The van der Waals surface area contributed by atoms with Crippen LogP contribution < -0.4 is 0 Å². The number of carbonyl (C=O) groups excluding carboxylic acids is 2. The van der Waals surface area contributed by atoms with Crippen LogP contribution in [0.1, 0.15) is 20.7 Å². The maximum Gasteiger partial charge on any atom is 0.282 e. The minimum absolute atomic E-state index is 0.00398. The fourth-order valence-electron chi connectivity index (χ4n) is 2.47. The van der Waals surface area contributed by atoms with Gasteiger partial charge in [-0.15, -0.1) is 0 Å². The fraction of sp³-hybridized carbons (Fsp3) is 0.222. The summed E-state index contributed by atoms with van der Waals surface area (Å²) in [4.78, 5) is 26.4. The summed E-state index contributed by atoms with van der Waals surface area (Å²) in [6.45, 7) is 1.24. The maximum atomic E-state index is 12.4. The molecule has 6 heteroatoms. The van der Waals surface area contributed by atoms with Gasteiger partial charge < -0.3 is 4.90 Å². The van der Waals surface area contributed by atoms with Crippen LogP contribution in [0.15, 0.2) is 59.0 Å². The highest BCUT2D eigenvalue weighted by Gasteiger charge is 2.21. The summed E-state index contributed by atoms with van der Waals surface area (Å²) in [7, 11) is -0.312. The number of benzene rings is 2. The van der Waals surface area contributed by atoms with Crippen LogP contribution in [0.2, 0.25) is 5.02 Å². The maximum absolute atomic E-state index is 12.4. The van der Waals surface area contributed by atoms with Crippen molar-refractivity contribution in [3.8, 4) is 0 Å². The highest BCUT2D eigenvalue weighted by Crippen LogP contribution is 2.14. The molecule has 0 bridgehead atoms. The van der Waals surface area contributed by atoms with Crippen LogP contribution in [0, 0.1) is 0 Å². The molecule has 3 rings (SSSR count). The molecule has 0 saturated carbocycles. The molecule has 0 spiro atoms. The van der Waals surface area contributed by atoms with Crippen molar-refractivity contribution in [3.05, 3.63) is 70.7 Å². The lowest BCUT2D eigenvalue weighted by atomic mass is 10.2. The predicted octanol–water partition coefficient (Wildman–Crippen LogP) is 3.44. The number of hydrogen-bond donors (Lipinski definition) is 0. The van der Waals surface area contributed by atoms with Crippen molar-refractivity contribution in [3.63, 3.8) is 0 Å². The molecule has 1 aliphatic rings. The zero-order valence-corrected chi connectivity index (χ0v) is 14.6. The summed E-state index contributed by atoms with van der Waals surface area (Å²) in [5.74, 6) is 1.30. The Labute approximate surface area is 148 Å². The quantitative estimate of drug-likeness (QED) is 0.823. The van der Waals surface area contributed by atoms with Crippen molar-refractivity contribution >= 4 is 34.1 Å². The Kier molecular flexibility index (Phi) is 5.43. The van der Waals surface area contributed by atoms with Gasteiger partial charge in [0.05, 0.1) is 0 Å². The number of halogens is 1. The van der Waals surface area contributed by atoms with Crippen molar-refractivity contribution in [2.45, 2.75) is 0 Å². The van der Waals surface area contributed by atoms with E-state index in [-0.39, 0.29) is 22.5 Å². The molecular formula is C18H17ClN2O2S. The van der Waals surface area contributed by atoms with Crippen molar-refractivity contribution in [2.75, 3.05) is 24.6 Å².